The second-order valence-corrected chi connectivity index (χ2v) is 12.9. The Hall–Kier alpha value is -3.36. The molecule has 1 fully saturated rings. The van der Waals surface area contributed by atoms with Crippen molar-refractivity contribution >= 4 is 42.7 Å². The van der Waals surface area contributed by atoms with E-state index in [1.165, 1.54) is 6.42 Å². The number of aldehydes is 1. The number of carbonyl (C=O) groups is 5. The summed E-state index contributed by atoms with van der Waals surface area (Å²) >= 11 is 3.68. The average molecular weight is 646 g/mol. The van der Waals surface area contributed by atoms with E-state index in [0.29, 0.717) is 32.2 Å². The maximum Gasteiger partial charge on any atom is 0.315 e. The van der Waals surface area contributed by atoms with Crippen LogP contribution < -0.4 is 21.1 Å². The van der Waals surface area contributed by atoms with Crippen LogP contribution in [0.4, 0.5) is 4.79 Å². The van der Waals surface area contributed by atoms with Crippen molar-refractivity contribution in [1.29, 1.82) is 0 Å². The normalized spacial score (nSPS) is 16.6. The molecule has 4 atom stereocenters. The molecule has 3 unspecified atom stereocenters. The molecule has 0 spiro atoms. The Morgan fingerprint density at radius 2 is 1.73 bits per heavy atom. The number of primary amides is 1. The molecule has 0 bridgehead atoms. The molecule has 1 saturated heterocycles. The van der Waals surface area contributed by atoms with Gasteiger partial charge in [-0.2, -0.15) is 0 Å². The van der Waals surface area contributed by atoms with Gasteiger partial charge in [0.2, 0.25) is 11.7 Å². The minimum absolute atomic E-state index is 0.187. The second kappa shape index (κ2) is 21.4. The first-order chi connectivity index (χ1) is 21.1. The molecule has 1 heterocycles. The summed E-state index contributed by atoms with van der Waals surface area (Å²) < 4.78 is 2.37. The number of hydrogen-bond acceptors (Lipinski definition) is 7. The van der Waals surface area contributed by atoms with E-state index >= 15 is 0 Å². The average Bonchev–Trinajstić information content (AvgIpc) is 3.45. The molecule has 4 amide bonds. The zero-order valence-corrected chi connectivity index (χ0v) is 29.0. The summed E-state index contributed by atoms with van der Waals surface area (Å²) in [5.74, 6) is 0.493. The Kier molecular flexibility index (Phi) is 19.8. The lowest BCUT2D eigenvalue weighted by atomic mass is 9.85. The zero-order valence-electron chi connectivity index (χ0n) is 28.2. The van der Waals surface area contributed by atoms with Crippen LogP contribution >= 0.6 is 12.8 Å². The summed E-state index contributed by atoms with van der Waals surface area (Å²) in [5, 5.41) is 6.05. The number of urea groups is 1. The first-order valence-corrected chi connectivity index (χ1v) is 16.1. The molecule has 1 aliphatic rings. The quantitative estimate of drug-likeness (QED) is 0.0931. The number of ketones is 1. The van der Waals surface area contributed by atoms with E-state index in [4.69, 9.17) is 12.2 Å². The van der Waals surface area contributed by atoms with Crippen LogP contribution in [0.3, 0.4) is 0 Å². The molecule has 252 valence electrons. The summed E-state index contributed by atoms with van der Waals surface area (Å²) in [6.45, 7) is 14.7. The van der Waals surface area contributed by atoms with Crippen molar-refractivity contribution in [3.05, 3.63) is 35.9 Å². The Bertz CT molecular complexity index is 1120. The van der Waals surface area contributed by atoms with Crippen LogP contribution in [-0.4, -0.2) is 65.0 Å². The summed E-state index contributed by atoms with van der Waals surface area (Å²) in [5.41, 5.74) is 5.02. The van der Waals surface area contributed by atoms with Crippen LogP contribution in [0.1, 0.15) is 99.0 Å². The fraction of sp³-hybridized carbons (Fsp3) is 0.618. The number of thiol groups is 1. The van der Waals surface area contributed by atoms with Gasteiger partial charge in [0.25, 0.3) is 5.91 Å². The number of carbonyl (C=O) groups excluding carboxylic acids is 5. The van der Waals surface area contributed by atoms with Gasteiger partial charge in [-0.05, 0) is 50.0 Å². The smallest absolute Gasteiger partial charge is 0.315 e. The molecule has 11 heteroatoms. The molecule has 1 aromatic rings. The maximum atomic E-state index is 13.2. The van der Waals surface area contributed by atoms with Gasteiger partial charge in [0.1, 0.15) is 12.3 Å². The van der Waals surface area contributed by atoms with Gasteiger partial charge in [-0.25, -0.2) is 4.79 Å². The van der Waals surface area contributed by atoms with E-state index in [-0.39, 0.29) is 11.9 Å². The highest BCUT2D eigenvalue weighted by molar-refractivity contribution is 7.78. The van der Waals surface area contributed by atoms with Crippen LogP contribution in [0.25, 0.3) is 0 Å². The van der Waals surface area contributed by atoms with E-state index in [9.17, 15) is 24.0 Å². The summed E-state index contributed by atoms with van der Waals surface area (Å²) in [6.07, 6.45) is 11.8. The molecule has 2 rings (SSSR count). The van der Waals surface area contributed by atoms with Gasteiger partial charge in [-0.3, -0.25) is 19.1 Å². The third-order valence-corrected chi connectivity index (χ3v) is 7.39. The number of nitrogens with one attached hydrogen (secondary N) is 3. The van der Waals surface area contributed by atoms with Gasteiger partial charge in [0.05, 0.1) is 12.1 Å². The molecule has 1 aromatic carbocycles. The van der Waals surface area contributed by atoms with Crippen molar-refractivity contribution in [2.45, 2.75) is 123 Å². The molecule has 5 N–H and O–H groups in total. The maximum absolute atomic E-state index is 13.2. The van der Waals surface area contributed by atoms with Crippen molar-refractivity contribution in [2.75, 3.05) is 6.54 Å². The minimum Gasteiger partial charge on any atom is -0.363 e. The first kappa shape index (κ1) is 41.6. The van der Waals surface area contributed by atoms with E-state index in [1.807, 2.05) is 45.9 Å². The highest BCUT2D eigenvalue weighted by Gasteiger charge is 2.40. The first-order valence-electron chi connectivity index (χ1n) is 15.7. The van der Waals surface area contributed by atoms with Gasteiger partial charge in [-0.1, -0.05) is 97.5 Å². The third kappa shape index (κ3) is 15.5. The highest BCUT2D eigenvalue weighted by Crippen LogP contribution is 2.26. The summed E-state index contributed by atoms with van der Waals surface area (Å²) in [4.78, 5) is 60.5. The van der Waals surface area contributed by atoms with Crippen LogP contribution in [0.2, 0.25) is 0 Å². The number of benzene rings is 1. The lowest BCUT2D eigenvalue weighted by Gasteiger charge is -2.37. The molecular weight excluding hydrogens is 590 g/mol. The monoisotopic (exact) mass is 645 g/mol. The topological polar surface area (TPSA) is 151 Å². The number of terminal acetylenes is 1. The number of nitrogens with two attached hydrogens (primary N) is 1. The number of hydrogen-bond donors (Lipinski definition) is 5. The van der Waals surface area contributed by atoms with Crippen LogP contribution in [0, 0.1) is 17.8 Å². The Morgan fingerprint density at radius 1 is 1.13 bits per heavy atom. The van der Waals surface area contributed by atoms with Gasteiger partial charge in [-0.15, -0.1) is 12.3 Å². The second-order valence-electron chi connectivity index (χ2n) is 12.6. The van der Waals surface area contributed by atoms with Gasteiger partial charge in [0, 0.05) is 18.5 Å². The van der Waals surface area contributed by atoms with E-state index in [1.54, 1.807) is 4.90 Å². The lowest BCUT2D eigenvalue weighted by molar-refractivity contribution is -0.138. The van der Waals surface area contributed by atoms with Gasteiger partial charge < -0.3 is 26.1 Å². The van der Waals surface area contributed by atoms with Gasteiger partial charge >= 0.3 is 6.03 Å². The number of nitrogens with zero attached hydrogens (tertiary/aromatic N) is 1. The Morgan fingerprint density at radius 3 is 2.20 bits per heavy atom. The number of amides is 4. The van der Waals surface area contributed by atoms with Gasteiger partial charge in [0.15, 0.2) is 0 Å². The fourth-order valence-corrected chi connectivity index (χ4v) is 5.16. The predicted octanol–water partition coefficient (Wildman–Crippen LogP) is 4.37. The molecule has 0 radical (unpaired) electrons. The van der Waals surface area contributed by atoms with E-state index in [0.717, 1.165) is 31.1 Å². The zero-order chi connectivity index (χ0) is 34.6. The van der Waals surface area contributed by atoms with Crippen molar-refractivity contribution in [1.82, 2.24) is 20.3 Å². The van der Waals surface area contributed by atoms with Crippen molar-refractivity contribution in [3.8, 4) is 12.3 Å². The molecular formula is C34H55N5O5S. The number of Topliss-reactive ketones (excluding diaryl/α,β-unsaturated/α-hetero) is 1. The molecule has 0 saturated carbocycles. The fourth-order valence-electron chi connectivity index (χ4n) is 4.91. The Balaban J connectivity index is 0.00000108. The van der Waals surface area contributed by atoms with Crippen LogP contribution in [0.15, 0.2) is 30.3 Å². The predicted molar refractivity (Wildman–Crippen MR) is 183 cm³/mol. The van der Waals surface area contributed by atoms with E-state index in [2.05, 4.69) is 67.0 Å². The largest absolute Gasteiger partial charge is 0.363 e. The van der Waals surface area contributed by atoms with Crippen molar-refractivity contribution < 1.29 is 24.0 Å². The molecule has 0 aromatic heterocycles. The van der Waals surface area contributed by atoms with Crippen LogP contribution in [-0.2, 0) is 25.6 Å². The van der Waals surface area contributed by atoms with E-state index < -0.39 is 40.8 Å². The number of rotatable bonds is 13. The summed E-state index contributed by atoms with van der Waals surface area (Å²) in [6, 6.07) is 7.95. The Labute approximate surface area is 276 Å². The molecule has 0 aliphatic carbocycles. The molecule has 45 heavy (non-hydrogen) atoms. The highest BCUT2D eigenvalue weighted by atomic mass is 32.1. The lowest BCUT2D eigenvalue weighted by Crippen LogP contribution is -2.60. The standard InChI is InChI=1S/C24H37N3O3.C7H10N2O2S.C3H8/c1-6-14-24(5,16-18-11-8-7-9-12-18)26-22(30)25-20(23(2,3)4)21(29)27-15-10-13-19(27)17-28;1-2-3-4-5(9-12)6(10)7(8)11;1-3-2/h7-9,11-12,17,19-20H,6,10,13-16H2,1-5H3,(H2,25,26,30);1,5,9,12H,3-4H2,(H2,8,11);3H2,1-2H3/t19-,20?,24?;;/m0../s1. The summed E-state index contributed by atoms with van der Waals surface area (Å²) in [7, 11) is 0. The minimum atomic E-state index is -0.974. The SMILES string of the molecule is C#CCCC(NS)C(=O)C(N)=O.CCC.CCCC(C)(Cc1ccccc1)NC(=O)NC(C(=O)N1CCC[C@H]1C=O)C(C)(C)C. The van der Waals surface area contributed by atoms with Crippen molar-refractivity contribution in [2.24, 2.45) is 11.1 Å². The van der Waals surface area contributed by atoms with Crippen molar-refractivity contribution in [3.63, 3.8) is 0 Å². The molecule has 1 aliphatic heterocycles. The molecule has 10 nitrogen and oxygen atoms in total. The third-order valence-electron chi connectivity index (χ3n) is 7.07. The number of likely N-dealkylation sites (tertiary alicyclic amines) is 1. The van der Waals surface area contributed by atoms with Crippen LogP contribution in [0.5, 0.6) is 0 Å².